The summed E-state index contributed by atoms with van der Waals surface area (Å²) in [4.78, 5) is 9.57. The Morgan fingerprint density at radius 1 is 0.426 bits per heavy atom. The number of anilines is 4. The van der Waals surface area contributed by atoms with E-state index in [-0.39, 0.29) is 12.1 Å². The molecule has 61 heavy (non-hydrogen) atoms. The fraction of sp³-hybridized carbons (Fsp3) is 0.321. The summed E-state index contributed by atoms with van der Waals surface area (Å²) in [7, 11) is 4.34. The lowest BCUT2D eigenvalue weighted by Gasteiger charge is -2.26. The number of nitrogens with zero attached hydrogens (tertiary/aromatic N) is 4. The van der Waals surface area contributed by atoms with Gasteiger partial charge in [-0.1, -0.05) is 148 Å². The van der Waals surface area contributed by atoms with Crippen LogP contribution in [0.3, 0.4) is 0 Å². The van der Waals surface area contributed by atoms with Gasteiger partial charge in [0.05, 0.1) is 33.5 Å². The van der Waals surface area contributed by atoms with Crippen LogP contribution in [0.5, 0.6) is 0 Å². The van der Waals surface area contributed by atoms with Crippen LogP contribution < -0.4 is 20.4 Å². The van der Waals surface area contributed by atoms with E-state index in [1.54, 1.807) is 0 Å². The first-order chi connectivity index (χ1) is 29.7. The average molecular weight is 856 g/mol. The van der Waals surface area contributed by atoms with Crippen molar-refractivity contribution >= 4 is 46.0 Å². The summed E-state index contributed by atoms with van der Waals surface area (Å²) in [5, 5.41) is 8.91. The molecule has 320 valence electrons. The normalized spacial score (nSPS) is 12.4. The molecule has 0 saturated carbocycles. The van der Waals surface area contributed by atoms with Crippen molar-refractivity contribution in [2.75, 3.05) is 86.9 Å². The smallest absolute Gasteiger partial charge is 0.0768 e. The van der Waals surface area contributed by atoms with E-state index in [9.17, 15) is 0 Å². The maximum absolute atomic E-state index is 7.05. The zero-order chi connectivity index (χ0) is 43.1. The van der Waals surface area contributed by atoms with Gasteiger partial charge in [0.15, 0.2) is 0 Å². The minimum Gasteiger partial charge on any atom is -0.373 e. The Kier molecular flexibility index (Phi) is 17.0. The lowest BCUT2D eigenvalue weighted by molar-refractivity contribution is 0.311. The molecule has 2 atom stereocenters. The Morgan fingerprint density at radius 3 is 1.10 bits per heavy atom. The highest BCUT2D eigenvalue weighted by Crippen LogP contribution is 2.35. The molecule has 0 radical (unpaired) electrons. The number of nitrogens with one attached hydrogen (secondary N) is 2. The SMILES string of the molecule is CCN(CC)CCN(C)c1ccc(C(Nc2ccc(Cc3ccc(NC(c4ccccc4)c4ccc(N(C)CCN(CC)CC)cc4)c(Cl)c3)cc2Cl)c2ccccc2)cc1. The van der Waals surface area contributed by atoms with Gasteiger partial charge in [0.2, 0.25) is 0 Å². The Morgan fingerprint density at radius 2 is 0.770 bits per heavy atom. The zero-order valence-electron chi connectivity index (χ0n) is 36.9. The number of hydrogen-bond acceptors (Lipinski definition) is 6. The molecule has 0 amide bonds. The highest BCUT2D eigenvalue weighted by molar-refractivity contribution is 6.33. The van der Waals surface area contributed by atoms with Gasteiger partial charge in [0, 0.05) is 51.6 Å². The van der Waals surface area contributed by atoms with E-state index in [0.717, 1.165) is 74.9 Å². The molecule has 0 spiro atoms. The van der Waals surface area contributed by atoms with Crippen molar-refractivity contribution in [1.82, 2.24) is 9.80 Å². The van der Waals surface area contributed by atoms with Gasteiger partial charge in [0.1, 0.15) is 0 Å². The van der Waals surface area contributed by atoms with Crippen LogP contribution in [-0.4, -0.2) is 76.3 Å². The highest BCUT2D eigenvalue weighted by Gasteiger charge is 2.19. The monoisotopic (exact) mass is 854 g/mol. The average Bonchev–Trinajstić information content (AvgIpc) is 3.30. The van der Waals surface area contributed by atoms with Crippen LogP contribution in [0, 0.1) is 0 Å². The van der Waals surface area contributed by atoms with Gasteiger partial charge < -0.3 is 30.2 Å². The molecule has 0 saturated heterocycles. The lowest BCUT2D eigenvalue weighted by atomic mass is 9.97. The quantitative estimate of drug-likeness (QED) is 0.0709. The largest absolute Gasteiger partial charge is 0.373 e. The molecular weight excluding hydrogens is 792 g/mol. The predicted octanol–water partition coefficient (Wildman–Crippen LogP) is 12.5. The maximum atomic E-state index is 7.05. The molecule has 0 aliphatic rings. The summed E-state index contributed by atoms with van der Waals surface area (Å²) >= 11 is 14.1. The third-order valence-corrected chi connectivity index (χ3v) is 12.6. The van der Waals surface area contributed by atoms with Gasteiger partial charge >= 0.3 is 0 Å². The van der Waals surface area contributed by atoms with Crippen molar-refractivity contribution < 1.29 is 0 Å². The first-order valence-electron chi connectivity index (χ1n) is 22.0. The Labute approximate surface area is 376 Å². The molecule has 2 unspecified atom stereocenters. The second-order valence-electron chi connectivity index (χ2n) is 15.9. The number of hydrogen-bond donors (Lipinski definition) is 2. The van der Waals surface area contributed by atoms with Crippen molar-refractivity contribution in [1.29, 1.82) is 0 Å². The third-order valence-electron chi connectivity index (χ3n) is 12.0. The van der Waals surface area contributed by atoms with Crippen molar-refractivity contribution in [3.05, 3.63) is 189 Å². The first-order valence-corrected chi connectivity index (χ1v) is 22.7. The molecule has 6 aromatic rings. The number of rotatable bonds is 22. The molecule has 0 aliphatic heterocycles. The zero-order valence-corrected chi connectivity index (χ0v) is 38.4. The van der Waals surface area contributed by atoms with E-state index < -0.39 is 0 Å². The predicted molar refractivity (Wildman–Crippen MR) is 265 cm³/mol. The molecule has 0 fully saturated rings. The molecule has 0 aromatic heterocycles. The molecule has 0 aliphatic carbocycles. The van der Waals surface area contributed by atoms with Gasteiger partial charge in [-0.2, -0.15) is 0 Å². The van der Waals surface area contributed by atoms with Crippen LogP contribution in [-0.2, 0) is 6.42 Å². The van der Waals surface area contributed by atoms with Crippen molar-refractivity contribution in [2.45, 2.75) is 46.2 Å². The van der Waals surface area contributed by atoms with Gasteiger partial charge in [-0.15, -0.1) is 0 Å². The minimum atomic E-state index is -0.0694. The number of likely N-dealkylation sites (N-methyl/N-ethyl adjacent to an activating group) is 4. The lowest BCUT2D eigenvalue weighted by Crippen LogP contribution is -2.33. The van der Waals surface area contributed by atoms with Crippen LogP contribution in [0.25, 0.3) is 0 Å². The van der Waals surface area contributed by atoms with E-state index in [1.165, 1.54) is 33.6 Å². The van der Waals surface area contributed by atoms with E-state index in [0.29, 0.717) is 16.5 Å². The summed E-state index contributed by atoms with van der Waals surface area (Å²) in [6.07, 6.45) is 0.705. The van der Waals surface area contributed by atoms with Crippen molar-refractivity contribution in [3.8, 4) is 0 Å². The summed E-state index contributed by atoms with van der Waals surface area (Å²) in [5.74, 6) is 0. The van der Waals surface area contributed by atoms with Crippen LogP contribution in [0.15, 0.2) is 146 Å². The van der Waals surface area contributed by atoms with Crippen LogP contribution in [0.4, 0.5) is 22.7 Å². The second kappa shape index (κ2) is 22.7. The minimum absolute atomic E-state index is 0.0694. The van der Waals surface area contributed by atoms with Gasteiger partial charge in [-0.05, 0) is 115 Å². The fourth-order valence-corrected chi connectivity index (χ4v) is 8.41. The summed E-state index contributed by atoms with van der Waals surface area (Å²) in [6.45, 7) is 17.2. The molecule has 0 bridgehead atoms. The number of halogens is 2. The van der Waals surface area contributed by atoms with E-state index in [1.807, 2.05) is 0 Å². The van der Waals surface area contributed by atoms with E-state index >= 15 is 0 Å². The molecule has 2 N–H and O–H groups in total. The van der Waals surface area contributed by atoms with Gasteiger partial charge in [-0.3, -0.25) is 0 Å². The van der Waals surface area contributed by atoms with Gasteiger partial charge in [0.25, 0.3) is 0 Å². The van der Waals surface area contributed by atoms with Crippen LogP contribution in [0.2, 0.25) is 10.0 Å². The molecule has 0 heterocycles. The third kappa shape index (κ3) is 12.5. The van der Waals surface area contributed by atoms with Crippen molar-refractivity contribution in [2.24, 2.45) is 0 Å². The van der Waals surface area contributed by atoms with Crippen molar-refractivity contribution in [3.63, 3.8) is 0 Å². The maximum Gasteiger partial charge on any atom is 0.0768 e. The van der Waals surface area contributed by atoms with Crippen LogP contribution in [0.1, 0.15) is 73.2 Å². The highest BCUT2D eigenvalue weighted by atomic mass is 35.5. The van der Waals surface area contributed by atoms with E-state index in [2.05, 4.69) is 218 Å². The second-order valence-corrected chi connectivity index (χ2v) is 16.7. The Bertz CT molecular complexity index is 2050. The standard InChI is InChI=1S/C53H64Cl2N6/c1-7-60(8-2)35-33-58(5)46-27-23-44(24-28-46)52(42-17-13-11-14-18-42)56-50-31-21-40(38-48(50)54)37-41-22-32-51(49(55)39-41)57-53(43-19-15-12-16-20-43)45-25-29-47(30-26-45)59(6)34-36-61(9-3)10-4/h11-32,38-39,52-53,56-57H,7-10,33-37H2,1-6H3. The van der Waals surface area contributed by atoms with E-state index in [4.69, 9.17) is 23.2 Å². The molecule has 8 heteroatoms. The first kappa shape index (κ1) is 45.5. The molecule has 6 aromatic carbocycles. The topological polar surface area (TPSA) is 37.0 Å². The summed E-state index contributed by atoms with van der Waals surface area (Å²) in [5.41, 5.74) is 11.1. The number of benzene rings is 6. The Balaban J connectivity index is 1.14. The molecular formula is C53H64Cl2N6. The molecule has 6 rings (SSSR count). The van der Waals surface area contributed by atoms with Crippen LogP contribution >= 0.6 is 23.2 Å². The van der Waals surface area contributed by atoms with Gasteiger partial charge in [-0.25, -0.2) is 0 Å². The molecule has 6 nitrogen and oxygen atoms in total. The summed E-state index contributed by atoms with van der Waals surface area (Å²) < 4.78 is 0. The Hall–Kier alpha value is -4.98. The fourth-order valence-electron chi connectivity index (χ4n) is 7.89. The summed E-state index contributed by atoms with van der Waals surface area (Å²) in [6, 6.07) is 51.4.